The quantitative estimate of drug-likeness (QED) is 0.106. The van der Waals surface area contributed by atoms with Gasteiger partial charge in [0.25, 0.3) is 8.32 Å². The summed E-state index contributed by atoms with van der Waals surface area (Å²) in [7, 11) is -0.986. The van der Waals surface area contributed by atoms with E-state index in [1.54, 1.807) is 31.2 Å². The van der Waals surface area contributed by atoms with E-state index in [9.17, 15) is 14.7 Å². The largest absolute Gasteiger partial charge is 0.467 e. The number of benzene rings is 3. The van der Waals surface area contributed by atoms with Gasteiger partial charge in [-0.05, 0) is 46.5 Å². The molecule has 0 aliphatic heterocycles. The Morgan fingerprint density at radius 2 is 1.40 bits per heavy atom. The monoisotopic (exact) mass is 670 g/mol. The van der Waals surface area contributed by atoms with Gasteiger partial charge in [-0.3, -0.25) is 9.69 Å². The maximum absolute atomic E-state index is 13.8. The van der Waals surface area contributed by atoms with Gasteiger partial charge in [-0.2, -0.15) is 0 Å². The lowest BCUT2D eigenvalue weighted by Gasteiger charge is -2.43. The van der Waals surface area contributed by atoms with Crippen molar-refractivity contribution in [1.29, 1.82) is 0 Å². The van der Waals surface area contributed by atoms with Crippen LogP contribution in [0.2, 0.25) is 5.04 Å². The summed E-state index contributed by atoms with van der Waals surface area (Å²) in [4.78, 5) is 28.9. The van der Waals surface area contributed by atoms with Gasteiger partial charge in [-0.25, -0.2) is 4.79 Å². The lowest BCUT2D eigenvalue weighted by Crippen LogP contribution is -2.66. The second-order valence-electron chi connectivity index (χ2n) is 13.4. The summed E-state index contributed by atoms with van der Waals surface area (Å²) in [5.41, 5.74) is 1.01. The Hall–Kier alpha value is -4.18. The Balaban J connectivity index is 1.43. The van der Waals surface area contributed by atoms with Crippen LogP contribution in [0.5, 0.6) is 0 Å². The van der Waals surface area contributed by atoms with E-state index in [2.05, 4.69) is 69.3 Å². The number of ether oxygens (including phenoxy) is 1. The van der Waals surface area contributed by atoms with Crippen molar-refractivity contribution in [2.24, 2.45) is 5.92 Å². The van der Waals surface area contributed by atoms with Crippen LogP contribution < -0.4 is 10.4 Å². The van der Waals surface area contributed by atoms with Crippen LogP contribution >= 0.6 is 0 Å². The number of rotatable bonds is 16. The van der Waals surface area contributed by atoms with Crippen molar-refractivity contribution >= 4 is 30.7 Å². The molecule has 9 heteroatoms. The average Bonchev–Trinajstić information content (AvgIpc) is 3.61. The Morgan fingerprint density at radius 3 is 1.90 bits per heavy atom. The molecule has 0 unspecified atom stereocenters. The molecule has 1 aromatic heterocycles. The first kappa shape index (κ1) is 36.6. The first-order chi connectivity index (χ1) is 23.0. The van der Waals surface area contributed by atoms with Gasteiger partial charge >= 0.3 is 6.09 Å². The summed E-state index contributed by atoms with van der Waals surface area (Å²) in [5, 5.41) is 12.3. The predicted octanol–water partition coefficient (Wildman–Crippen LogP) is 6.62. The van der Waals surface area contributed by atoms with E-state index >= 15 is 0 Å². The summed E-state index contributed by atoms with van der Waals surface area (Å²) in [6.45, 7) is 11.7. The smallest absolute Gasteiger partial charge is 0.407 e. The summed E-state index contributed by atoms with van der Waals surface area (Å²) in [5.74, 6) is 0.144. The minimum Gasteiger partial charge on any atom is -0.467 e. The minimum absolute atomic E-state index is 0.141. The van der Waals surface area contributed by atoms with E-state index in [0.717, 1.165) is 5.56 Å². The third kappa shape index (κ3) is 8.64. The van der Waals surface area contributed by atoms with Crippen LogP contribution in [0.3, 0.4) is 0 Å². The fourth-order valence-electron chi connectivity index (χ4n) is 6.60. The number of hydrogen-bond donors (Lipinski definition) is 1. The number of carbonyl (C=O) groups is 2. The van der Waals surface area contributed by atoms with Crippen LogP contribution in [-0.2, 0) is 20.4 Å². The van der Waals surface area contributed by atoms with Crippen molar-refractivity contribution in [3.05, 3.63) is 121 Å². The fraction of sp³-hybridized carbons (Fsp3) is 0.385. The van der Waals surface area contributed by atoms with Crippen LogP contribution in [0.15, 0.2) is 114 Å². The molecule has 0 saturated carbocycles. The van der Waals surface area contributed by atoms with Crippen LogP contribution in [0.1, 0.15) is 52.0 Å². The van der Waals surface area contributed by atoms with E-state index < -0.39 is 26.5 Å². The molecule has 4 rings (SSSR count). The maximum Gasteiger partial charge on any atom is 0.407 e. The molecule has 48 heavy (non-hydrogen) atoms. The minimum atomic E-state index is -2.69. The van der Waals surface area contributed by atoms with Crippen LogP contribution in [-0.4, -0.2) is 74.7 Å². The topological polar surface area (TPSA) is 92.5 Å². The number of nitrogens with zero attached hydrogens (tertiary/aromatic N) is 2. The van der Waals surface area contributed by atoms with Crippen LogP contribution in [0, 0.1) is 5.92 Å². The molecule has 256 valence electrons. The van der Waals surface area contributed by atoms with E-state index in [1.165, 1.54) is 15.3 Å². The van der Waals surface area contributed by atoms with Gasteiger partial charge in [-0.15, -0.1) is 0 Å². The summed E-state index contributed by atoms with van der Waals surface area (Å²) in [6.07, 6.45) is 0.960. The summed E-state index contributed by atoms with van der Waals surface area (Å²) in [6, 6.07) is 33.0. The third-order valence-corrected chi connectivity index (χ3v) is 14.1. The Kier molecular flexibility index (Phi) is 12.8. The number of furan rings is 1. The molecule has 0 radical (unpaired) electrons. The lowest BCUT2D eigenvalue weighted by molar-refractivity contribution is -0.138. The molecular formula is C39H50N2O6Si. The maximum atomic E-state index is 13.8. The molecule has 3 aromatic carbocycles. The first-order valence-corrected chi connectivity index (χ1v) is 18.5. The summed E-state index contributed by atoms with van der Waals surface area (Å²) < 4.78 is 19.0. The van der Waals surface area contributed by atoms with Crippen LogP contribution in [0.25, 0.3) is 0 Å². The molecule has 0 fully saturated rings. The van der Waals surface area contributed by atoms with Gasteiger partial charge in [0, 0.05) is 19.5 Å². The van der Waals surface area contributed by atoms with Gasteiger partial charge in [0.05, 0.1) is 32.1 Å². The Morgan fingerprint density at radius 1 is 0.833 bits per heavy atom. The predicted molar refractivity (Wildman–Crippen MR) is 192 cm³/mol. The number of carboxylic acid groups (broad SMARTS) is 1. The second kappa shape index (κ2) is 16.8. The van der Waals surface area contributed by atoms with Crippen molar-refractivity contribution in [3.8, 4) is 0 Å². The number of amides is 2. The zero-order valence-corrected chi connectivity index (χ0v) is 30.0. The fourth-order valence-corrected chi connectivity index (χ4v) is 11.1. The molecule has 3 atom stereocenters. The number of likely N-dealkylation sites (N-methyl/N-ethyl adjacent to an activating group) is 1. The van der Waals surface area contributed by atoms with Gasteiger partial charge in [0.1, 0.15) is 11.8 Å². The van der Waals surface area contributed by atoms with E-state index in [1.807, 2.05) is 55.5 Å². The zero-order chi connectivity index (χ0) is 34.7. The highest BCUT2D eigenvalue weighted by Gasteiger charge is 2.50. The highest BCUT2D eigenvalue weighted by atomic mass is 28.4. The molecule has 4 aromatic rings. The van der Waals surface area contributed by atoms with E-state index in [-0.39, 0.29) is 23.4 Å². The molecule has 1 heterocycles. The van der Waals surface area contributed by atoms with Gasteiger partial charge in [-0.1, -0.05) is 119 Å². The highest BCUT2D eigenvalue weighted by molar-refractivity contribution is 6.99. The lowest BCUT2D eigenvalue weighted by atomic mass is 9.98. The standard InChI is InChI=1S/C39H50N2O6Si/c1-30(29-45-27-28-47-48(39(3,4)5,33-19-12-8-13-20-33)34-21-14-9-15-22-34)36(35-23-16-26-46-35)40(6)37(42)31(2)41(38(43)44)25-24-32-17-10-7-11-18-32/h7-23,26,30-31,36H,24-25,27-29H2,1-6H3,(H,43,44)/t30-,31-,36+/m1/s1. The molecule has 0 bridgehead atoms. The first-order valence-electron chi connectivity index (χ1n) is 16.6. The van der Waals surface area contributed by atoms with Crippen LogP contribution in [0.4, 0.5) is 4.79 Å². The molecule has 8 nitrogen and oxygen atoms in total. The van der Waals surface area contributed by atoms with Crippen molar-refractivity contribution in [2.45, 2.75) is 58.2 Å². The van der Waals surface area contributed by atoms with Crippen molar-refractivity contribution < 1.29 is 28.3 Å². The van der Waals surface area contributed by atoms with Crippen molar-refractivity contribution in [1.82, 2.24) is 9.80 Å². The van der Waals surface area contributed by atoms with Gasteiger partial charge < -0.3 is 23.6 Å². The normalized spacial score (nSPS) is 13.8. The highest BCUT2D eigenvalue weighted by Crippen LogP contribution is 2.37. The SMILES string of the molecule is C[C@H](COCCO[Si](c1ccccc1)(c1ccccc1)C(C)(C)C)[C@@H](c1ccco1)N(C)C(=O)[C@@H](C)N(CCc1ccccc1)C(=O)O. The number of hydrogen-bond acceptors (Lipinski definition) is 5. The van der Waals surface area contributed by atoms with E-state index in [4.69, 9.17) is 13.6 Å². The molecule has 0 aliphatic rings. The Labute approximate surface area is 286 Å². The third-order valence-electron chi connectivity index (χ3n) is 9.04. The van der Waals surface area contributed by atoms with Crippen molar-refractivity contribution in [2.75, 3.05) is 33.4 Å². The molecular weight excluding hydrogens is 621 g/mol. The second-order valence-corrected chi connectivity index (χ2v) is 17.7. The molecule has 2 amide bonds. The van der Waals surface area contributed by atoms with E-state index in [0.29, 0.717) is 32.0 Å². The Bertz CT molecular complexity index is 1500. The van der Waals surface area contributed by atoms with Gasteiger partial charge in [0.15, 0.2) is 0 Å². The summed E-state index contributed by atoms with van der Waals surface area (Å²) >= 11 is 0. The molecule has 0 saturated heterocycles. The molecule has 0 aliphatic carbocycles. The van der Waals surface area contributed by atoms with Gasteiger partial charge in [0.2, 0.25) is 5.91 Å². The molecule has 0 spiro atoms. The van der Waals surface area contributed by atoms with Crippen molar-refractivity contribution in [3.63, 3.8) is 0 Å². The molecule has 1 N–H and O–H groups in total. The average molecular weight is 671 g/mol. The zero-order valence-electron chi connectivity index (χ0n) is 29.0. The number of carbonyl (C=O) groups excluding carboxylic acids is 1.